The number of aromatic nitrogens is 2. The Morgan fingerprint density at radius 1 is 0.615 bits per heavy atom. The molecule has 3 nitrogen and oxygen atoms in total. The number of rotatable bonds is 2. The van der Waals surface area contributed by atoms with Gasteiger partial charge in [-0.25, -0.2) is 4.98 Å². The van der Waals surface area contributed by atoms with Gasteiger partial charge in [-0.05, 0) is 56.0 Å². The molecule has 5 aromatic carbocycles. The summed E-state index contributed by atoms with van der Waals surface area (Å²) in [6.07, 6.45) is 8.95. The van der Waals surface area contributed by atoms with Crippen LogP contribution in [0.1, 0.15) is 58.2 Å². The Labute approximate surface area is 306 Å². The first-order valence-corrected chi connectivity index (χ1v) is 18.3. The van der Waals surface area contributed by atoms with E-state index in [1.54, 1.807) is 0 Å². The average molecular weight is 675 g/mol. The number of hydrogen-bond donors (Lipinski definition) is 0. The molecule has 3 heteroatoms. The van der Waals surface area contributed by atoms with Crippen LogP contribution in [-0.2, 0) is 10.3 Å². The van der Waals surface area contributed by atoms with Crippen molar-refractivity contribution in [1.82, 2.24) is 9.55 Å². The lowest BCUT2D eigenvalue weighted by Gasteiger charge is -2.42. The third-order valence-electron chi connectivity index (χ3n) is 11.0. The normalized spacial score (nSPS) is 18.0. The standard InChI is InChI=1S/C49H42N2O/c1-47(2,3)40-29-35(30-41(45(40)52)48(4,5)6)39-28-26-32-18-14-16-24-38(32)49(39)42-36-23-15-13-17-31(36)25-27-37(42)46-50-43(33-19-9-7-10-20-33)44(51(46)49)34-21-11-8-12-22-34/h7-30H,1-6H3/t49-/m1/s1. The highest BCUT2D eigenvalue weighted by atomic mass is 16.1. The number of benzene rings is 5. The van der Waals surface area contributed by atoms with Crippen molar-refractivity contribution in [1.29, 1.82) is 0 Å². The van der Waals surface area contributed by atoms with E-state index in [9.17, 15) is 4.79 Å². The Hall–Kier alpha value is -5.80. The summed E-state index contributed by atoms with van der Waals surface area (Å²) < 4.78 is 2.54. The largest absolute Gasteiger partial charge is 0.304 e. The van der Waals surface area contributed by atoms with Crippen molar-refractivity contribution in [3.05, 3.63) is 179 Å². The van der Waals surface area contributed by atoms with Crippen molar-refractivity contribution in [3.8, 4) is 33.9 Å². The second kappa shape index (κ2) is 11.4. The fourth-order valence-electron chi connectivity index (χ4n) is 8.67. The molecule has 0 radical (unpaired) electrons. The van der Waals surface area contributed by atoms with Crippen LogP contribution in [0.2, 0.25) is 0 Å². The van der Waals surface area contributed by atoms with E-state index in [-0.39, 0.29) is 16.6 Å². The van der Waals surface area contributed by atoms with Crippen LogP contribution in [0.15, 0.2) is 162 Å². The number of fused-ring (bicyclic) bond motifs is 9. The molecule has 0 saturated heterocycles. The van der Waals surface area contributed by atoms with E-state index in [2.05, 4.69) is 192 Å². The molecule has 254 valence electrons. The minimum Gasteiger partial charge on any atom is -0.304 e. The van der Waals surface area contributed by atoms with E-state index in [1.165, 1.54) is 27.5 Å². The van der Waals surface area contributed by atoms with Gasteiger partial charge in [-0.1, -0.05) is 175 Å². The van der Waals surface area contributed by atoms with E-state index >= 15 is 0 Å². The number of imidazole rings is 1. The maximum Gasteiger partial charge on any atom is 0.186 e. The van der Waals surface area contributed by atoms with E-state index in [0.717, 1.165) is 56.2 Å². The molecule has 1 atom stereocenters. The summed E-state index contributed by atoms with van der Waals surface area (Å²) in [5, 5.41) is 2.38. The summed E-state index contributed by atoms with van der Waals surface area (Å²) >= 11 is 0. The van der Waals surface area contributed by atoms with Crippen LogP contribution >= 0.6 is 0 Å². The average Bonchev–Trinajstić information content (AvgIpc) is 3.67. The van der Waals surface area contributed by atoms with Gasteiger partial charge in [0.1, 0.15) is 11.4 Å². The molecule has 0 saturated carbocycles. The SMILES string of the molecule is CC(C)(C)C1=CC(=C2C=Cc3ccccc3[C@]23c2c(ccc4ccccc24)-c2nc(-c4ccccc4)c(-c4ccccc4)n23)C=C(C(C)(C)C)C1=O. The highest BCUT2D eigenvalue weighted by molar-refractivity contribution is 6.12. The first-order valence-electron chi connectivity index (χ1n) is 18.3. The molecule has 6 aromatic rings. The Morgan fingerprint density at radius 2 is 1.21 bits per heavy atom. The van der Waals surface area contributed by atoms with Gasteiger partial charge >= 0.3 is 0 Å². The summed E-state index contributed by atoms with van der Waals surface area (Å²) in [4.78, 5) is 20.0. The third kappa shape index (κ3) is 4.58. The lowest BCUT2D eigenvalue weighted by atomic mass is 9.66. The fourth-order valence-corrected chi connectivity index (χ4v) is 8.67. The minimum atomic E-state index is -0.823. The van der Waals surface area contributed by atoms with Crippen molar-refractivity contribution in [2.75, 3.05) is 0 Å². The maximum atomic E-state index is 14.3. The van der Waals surface area contributed by atoms with Gasteiger partial charge in [-0.2, -0.15) is 0 Å². The lowest BCUT2D eigenvalue weighted by molar-refractivity contribution is -0.114. The van der Waals surface area contributed by atoms with Gasteiger partial charge in [0.2, 0.25) is 0 Å². The topological polar surface area (TPSA) is 34.9 Å². The summed E-state index contributed by atoms with van der Waals surface area (Å²) in [6.45, 7) is 12.9. The quantitative estimate of drug-likeness (QED) is 0.183. The predicted octanol–water partition coefficient (Wildman–Crippen LogP) is 12.0. The minimum absolute atomic E-state index is 0.135. The number of ketones is 1. The van der Waals surface area contributed by atoms with Crippen LogP contribution in [0.3, 0.4) is 0 Å². The van der Waals surface area contributed by atoms with Crippen LogP contribution in [0, 0.1) is 10.8 Å². The Bertz CT molecular complexity index is 2540. The molecule has 0 fully saturated rings. The molecule has 2 heterocycles. The molecule has 0 N–H and O–H groups in total. The van der Waals surface area contributed by atoms with Gasteiger partial charge in [0.05, 0.1) is 11.4 Å². The zero-order valence-electron chi connectivity index (χ0n) is 30.7. The first kappa shape index (κ1) is 32.1. The summed E-state index contributed by atoms with van der Waals surface area (Å²) in [6, 6.07) is 43.4. The molecule has 1 aromatic heterocycles. The zero-order valence-corrected chi connectivity index (χ0v) is 30.7. The number of allylic oxidation sites excluding steroid dienone is 7. The van der Waals surface area contributed by atoms with E-state index in [4.69, 9.17) is 4.98 Å². The van der Waals surface area contributed by atoms with Crippen molar-refractivity contribution >= 4 is 22.6 Å². The third-order valence-corrected chi connectivity index (χ3v) is 11.0. The van der Waals surface area contributed by atoms with Gasteiger partial charge in [-0.15, -0.1) is 0 Å². The molecule has 52 heavy (non-hydrogen) atoms. The Morgan fingerprint density at radius 3 is 1.88 bits per heavy atom. The molecule has 3 aliphatic rings. The summed E-state index contributed by atoms with van der Waals surface area (Å²) in [5.41, 5.74) is 11.2. The number of Topliss-reactive ketones (excluding diaryl/α,β-unsaturated/α-hetero) is 1. The highest BCUT2D eigenvalue weighted by Crippen LogP contribution is 2.60. The van der Waals surface area contributed by atoms with E-state index < -0.39 is 5.54 Å². The molecule has 2 aliphatic carbocycles. The van der Waals surface area contributed by atoms with Crippen molar-refractivity contribution in [3.63, 3.8) is 0 Å². The van der Waals surface area contributed by atoms with Crippen molar-refractivity contribution in [2.45, 2.75) is 47.1 Å². The number of carbonyl (C=O) groups excluding carboxylic acids is 1. The second-order valence-corrected chi connectivity index (χ2v) is 16.4. The molecule has 0 amide bonds. The van der Waals surface area contributed by atoms with Crippen molar-refractivity contribution in [2.24, 2.45) is 10.8 Å². The van der Waals surface area contributed by atoms with Gasteiger partial charge < -0.3 is 4.57 Å². The van der Waals surface area contributed by atoms with Crippen LogP contribution in [0.25, 0.3) is 50.8 Å². The van der Waals surface area contributed by atoms with Crippen LogP contribution in [-0.4, -0.2) is 15.3 Å². The lowest BCUT2D eigenvalue weighted by Crippen LogP contribution is -2.39. The predicted molar refractivity (Wildman–Crippen MR) is 215 cm³/mol. The van der Waals surface area contributed by atoms with E-state index in [0.29, 0.717) is 0 Å². The van der Waals surface area contributed by atoms with Crippen LogP contribution in [0.4, 0.5) is 0 Å². The molecule has 1 spiro atoms. The van der Waals surface area contributed by atoms with Crippen LogP contribution in [0.5, 0.6) is 0 Å². The van der Waals surface area contributed by atoms with Gasteiger partial charge in [0.25, 0.3) is 0 Å². The Kier molecular flexibility index (Phi) is 7.01. The molecule has 1 aliphatic heterocycles. The van der Waals surface area contributed by atoms with Gasteiger partial charge in [0, 0.05) is 33.4 Å². The molecular weight excluding hydrogens is 633 g/mol. The number of carbonyl (C=O) groups is 1. The van der Waals surface area contributed by atoms with Crippen molar-refractivity contribution < 1.29 is 4.79 Å². The second-order valence-electron chi connectivity index (χ2n) is 16.4. The van der Waals surface area contributed by atoms with Gasteiger partial charge in [0.15, 0.2) is 5.78 Å². The molecule has 9 rings (SSSR count). The fraction of sp³-hybridized carbons (Fsp3) is 0.184. The van der Waals surface area contributed by atoms with Crippen LogP contribution < -0.4 is 0 Å². The highest BCUT2D eigenvalue weighted by Gasteiger charge is 2.53. The number of hydrogen-bond acceptors (Lipinski definition) is 2. The molecule has 0 unspecified atom stereocenters. The monoisotopic (exact) mass is 674 g/mol. The first-order chi connectivity index (χ1) is 25.0. The van der Waals surface area contributed by atoms with Gasteiger partial charge in [-0.3, -0.25) is 4.79 Å². The van der Waals surface area contributed by atoms with E-state index in [1.807, 2.05) is 0 Å². The summed E-state index contributed by atoms with van der Waals surface area (Å²) in [5.74, 6) is 1.07. The Balaban J connectivity index is 1.54. The number of nitrogens with zero attached hydrogens (tertiary/aromatic N) is 2. The summed E-state index contributed by atoms with van der Waals surface area (Å²) in [7, 11) is 0. The molecule has 0 bridgehead atoms. The maximum absolute atomic E-state index is 14.3. The zero-order chi connectivity index (χ0) is 36.0. The molecular formula is C49H42N2O. The smallest absolute Gasteiger partial charge is 0.186 e.